The third-order valence-corrected chi connectivity index (χ3v) is 2.53. The largest absolute Gasteiger partial charge is 0.504 e. The van der Waals surface area contributed by atoms with Crippen LogP contribution in [-0.4, -0.2) is 12.2 Å². The summed E-state index contributed by atoms with van der Waals surface area (Å²) in [4.78, 5) is 0. The van der Waals surface area contributed by atoms with E-state index in [2.05, 4.69) is 13.8 Å². The van der Waals surface area contributed by atoms with Crippen LogP contribution in [0.3, 0.4) is 0 Å². The number of ether oxygens (including phenoxy) is 1. The van der Waals surface area contributed by atoms with Gasteiger partial charge in [-0.1, -0.05) is 26.3 Å². The van der Waals surface area contributed by atoms with Crippen molar-refractivity contribution in [3.8, 4) is 11.5 Å². The maximum Gasteiger partial charge on any atom is 0.160 e. The topological polar surface area (TPSA) is 29.5 Å². The average molecular weight is 194 g/mol. The number of hydrogen-bond acceptors (Lipinski definition) is 2. The zero-order valence-corrected chi connectivity index (χ0v) is 9.08. The van der Waals surface area contributed by atoms with Crippen molar-refractivity contribution in [1.29, 1.82) is 0 Å². The second-order valence-electron chi connectivity index (χ2n) is 3.72. The van der Waals surface area contributed by atoms with E-state index in [1.165, 1.54) is 12.0 Å². The minimum absolute atomic E-state index is 0.209. The average Bonchev–Trinajstić information content (AvgIpc) is 2.20. The Labute approximate surface area is 85.5 Å². The summed E-state index contributed by atoms with van der Waals surface area (Å²) in [6, 6.07) is 5.54. The maximum atomic E-state index is 9.40. The number of methoxy groups -OCH3 is 1. The molecule has 0 aliphatic rings. The standard InChI is InChI=1S/C12H18O2/c1-4-9(2)7-10-5-6-11(13)12(8-10)14-3/h5-6,8-9,13H,4,7H2,1-3H3. The second-order valence-corrected chi connectivity index (χ2v) is 3.72. The molecular formula is C12H18O2. The summed E-state index contributed by atoms with van der Waals surface area (Å²) in [5, 5.41) is 9.40. The van der Waals surface area contributed by atoms with Gasteiger partial charge < -0.3 is 9.84 Å². The van der Waals surface area contributed by atoms with E-state index in [1.54, 1.807) is 13.2 Å². The van der Waals surface area contributed by atoms with E-state index in [0.29, 0.717) is 11.7 Å². The van der Waals surface area contributed by atoms with E-state index in [0.717, 1.165) is 6.42 Å². The Balaban J connectivity index is 2.79. The minimum Gasteiger partial charge on any atom is -0.504 e. The van der Waals surface area contributed by atoms with Gasteiger partial charge in [0.15, 0.2) is 11.5 Å². The molecule has 0 saturated carbocycles. The highest BCUT2D eigenvalue weighted by Gasteiger charge is 2.05. The molecule has 1 unspecified atom stereocenters. The van der Waals surface area contributed by atoms with Gasteiger partial charge in [0.2, 0.25) is 0 Å². The first kappa shape index (κ1) is 10.9. The molecule has 0 saturated heterocycles. The molecule has 0 bridgehead atoms. The highest BCUT2D eigenvalue weighted by atomic mass is 16.5. The van der Waals surface area contributed by atoms with Gasteiger partial charge in [-0.2, -0.15) is 0 Å². The summed E-state index contributed by atoms with van der Waals surface area (Å²) in [5.41, 5.74) is 1.22. The molecule has 0 amide bonds. The molecule has 1 aromatic carbocycles. The summed E-state index contributed by atoms with van der Waals surface area (Å²) in [6.07, 6.45) is 2.20. The second kappa shape index (κ2) is 4.89. The van der Waals surface area contributed by atoms with Crippen LogP contribution >= 0.6 is 0 Å². The van der Waals surface area contributed by atoms with Gasteiger partial charge in [-0.25, -0.2) is 0 Å². The summed E-state index contributed by atoms with van der Waals surface area (Å²) in [5.74, 6) is 1.44. The third kappa shape index (κ3) is 2.66. The summed E-state index contributed by atoms with van der Waals surface area (Å²) in [7, 11) is 1.57. The molecular weight excluding hydrogens is 176 g/mol. The number of phenolic OH excluding ortho intramolecular Hbond substituents is 1. The fourth-order valence-electron chi connectivity index (χ4n) is 1.40. The highest BCUT2D eigenvalue weighted by Crippen LogP contribution is 2.27. The molecule has 1 rings (SSSR count). The monoisotopic (exact) mass is 194 g/mol. The van der Waals surface area contributed by atoms with E-state index in [9.17, 15) is 5.11 Å². The van der Waals surface area contributed by atoms with Crippen molar-refractivity contribution >= 4 is 0 Å². The van der Waals surface area contributed by atoms with Gasteiger partial charge in [-0.15, -0.1) is 0 Å². The van der Waals surface area contributed by atoms with Crippen LogP contribution in [0.15, 0.2) is 18.2 Å². The Hall–Kier alpha value is -1.18. The van der Waals surface area contributed by atoms with Crippen molar-refractivity contribution in [2.24, 2.45) is 5.92 Å². The molecule has 0 aromatic heterocycles. The first-order chi connectivity index (χ1) is 6.67. The molecule has 0 fully saturated rings. The van der Waals surface area contributed by atoms with Gasteiger partial charge >= 0.3 is 0 Å². The van der Waals surface area contributed by atoms with Crippen LogP contribution in [0.2, 0.25) is 0 Å². The lowest BCUT2D eigenvalue weighted by molar-refractivity contribution is 0.372. The number of rotatable bonds is 4. The summed E-state index contributed by atoms with van der Waals surface area (Å²) >= 11 is 0. The van der Waals surface area contributed by atoms with Crippen LogP contribution in [0, 0.1) is 5.92 Å². The fourth-order valence-corrected chi connectivity index (χ4v) is 1.40. The smallest absolute Gasteiger partial charge is 0.160 e. The van der Waals surface area contributed by atoms with Crippen molar-refractivity contribution in [2.75, 3.05) is 7.11 Å². The van der Waals surface area contributed by atoms with Gasteiger partial charge in [0.1, 0.15) is 0 Å². The number of aromatic hydroxyl groups is 1. The molecule has 0 aliphatic heterocycles. The van der Waals surface area contributed by atoms with Crippen molar-refractivity contribution in [2.45, 2.75) is 26.7 Å². The van der Waals surface area contributed by atoms with E-state index in [-0.39, 0.29) is 5.75 Å². The zero-order chi connectivity index (χ0) is 10.6. The van der Waals surface area contributed by atoms with Crippen LogP contribution in [0.1, 0.15) is 25.8 Å². The highest BCUT2D eigenvalue weighted by molar-refractivity contribution is 5.41. The van der Waals surface area contributed by atoms with E-state index in [1.807, 2.05) is 12.1 Å². The lowest BCUT2D eigenvalue weighted by Gasteiger charge is -2.10. The van der Waals surface area contributed by atoms with Gasteiger partial charge in [-0.05, 0) is 30.0 Å². The predicted molar refractivity (Wildman–Crippen MR) is 57.8 cm³/mol. The van der Waals surface area contributed by atoms with Crippen molar-refractivity contribution in [3.63, 3.8) is 0 Å². The van der Waals surface area contributed by atoms with Crippen LogP contribution < -0.4 is 4.74 Å². The van der Waals surface area contributed by atoms with Crippen molar-refractivity contribution in [3.05, 3.63) is 23.8 Å². The molecule has 0 radical (unpaired) electrons. The molecule has 0 heterocycles. The Morgan fingerprint density at radius 1 is 1.43 bits per heavy atom. The molecule has 78 valence electrons. The Kier molecular flexibility index (Phi) is 3.81. The van der Waals surface area contributed by atoms with Crippen LogP contribution in [0.5, 0.6) is 11.5 Å². The number of phenols is 1. The minimum atomic E-state index is 0.209. The van der Waals surface area contributed by atoms with Gasteiger partial charge in [0, 0.05) is 0 Å². The molecule has 1 atom stereocenters. The summed E-state index contributed by atoms with van der Waals surface area (Å²) < 4.78 is 5.05. The predicted octanol–water partition coefficient (Wildman–Crippen LogP) is 2.99. The van der Waals surface area contributed by atoms with Gasteiger partial charge in [-0.3, -0.25) is 0 Å². The molecule has 1 N–H and O–H groups in total. The van der Waals surface area contributed by atoms with E-state index < -0.39 is 0 Å². The van der Waals surface area contributed by atoms with Crippen LogP contribution in [-0.2, 0) is 6.42 Å². The van der Waals surface area contributed by atoms with Gasteiger partial charge in [0.05, 0.1) is 7.11 Å². The zero-order valence-electron chi connectivity index (χ0n) is 9.08. The Morgan fingerprint density at radius 3 is 2.71 bits per heavy atom. The fraction of sp³-hybridized carbons (Fsp3) is 0.500. The maximum absolute atomic E-state index is 9.40. The quantitative estimate of drug-likeness (QED) is 0.798. The molecule has 14 heavy (non-hydrogen) atoms. The summed E-state index contributed by atoms with van der Waals surface area (Å²) in [6.45, 7) is 4.40. The van der Waals surface area contributed by atoms with Gasteiger partial charge in [0.25, 0.3) is 0 Å². The lowest BCUT2D eigenvalue weighted by Crippen LogP contribution is -1.98. The molecule has 1 aromatic rings. The molecule has 0 spiro atoms. The Bertz CT molecular complexity index is 294. The molecule has 0 aliphatic carbocycles. The number of hydrogen-bond donors (Lipinski definition) is 1. The van der Waals surface area contributed by atoms with Crippen LogP contribution in [0.4, 0.5) is 0 Å². The van der Waals surface area contributed by atoms with Crippen molar-refractivity contribution < 1.29 is 9.84 Å². The first-order valence-corrected chi connectivity index (χ1v) is 5.03. The third-order valence-electron chi connectivity index (χ3n) is 2.53. The SMILES string of the molecule is CCC(C)Cc1ccc(O)c(OC)c1. The number of benzene rings is 1. The molecule has 2 heteroatoms. The lowest BCUT2D eigenvalue weighted by atomic mass is 9.99. The first-order valence-electron chi connectivity index (χ1n) is 5.03. The Morgan fingerprint density at radius 2 is 2.14 bits per heavy atom. The van der Waals surface area contributed by atoms with Crippen LogP contribution in [0.25, 0.3) is 0 Å². The van der Waals surface area contributed by atoms with Crippen molar-refractivity contribution in [1.82, 2.24) is 0 Å². The normalized spacial score (nSPS) is 12.5. The molecule has 2 nitrogen and oxygen atoms in total. The van der Waals surface area contributed by atoms with E-state index in [4.69, 9.17) is 4.74 Å². The van der Waals surface area contributed by atoms with E-state index >= 15 is 0 Å².